The van der Waals surface area contributed by atoms with Crippen LogP contribution in [0.4, 0.5) is 0 Å². The molecule has 7 heteroatoms. The minimum atomic E-state index is -0.677. The zero-order valence-corrected chi connectivity index (χ0v) is 11.9. The third-order valence-electron chi connectivity index (χ3n) is 2.90. The summed E-state index contributed by atoms with van der Waals surface area (Å²) in [6.45, 7) is 0. The van der Waals surface area contributed by atoms with Gasteiger partial charge in [0.1, 0.15) is 10.9 Å². The van der Waals surface area contributed by atoms with E-state index >= 15 is 0 Å². The summed E-state index contributed by atoms with van der Waals surface area (Å²) in [7, 11) is 0. The van der Waals surface area contributed by atoms with E-state index < -0.39 is 11.8 Å². The Labute approximate surface area is 125 Å². The number of nitrogens with one attached hydrogen (secondary N) is 1. The molecule has 0 aromatic heterocycles. The van der Waals surface area contributed by atoms with Gasteiger partial charge >= 0.3 is 0 Å². The van der Waals surface area contributed by atoms with Crippen LogP contribution in [0.2, 0.25) is 5.02 Å². The van der Waals surface area contributed by atoms with Crippen molar-refractivity contribution in [1.29, 1.82) is 5.41 Å². The van der Waals surface area contributed by atoms with Crippen molar-refractivity contribution in [3.63, 3.8) is 0 Å². The molecule has 1 unspecified atom stereocenters. The van der Waals surface area contributed by atoms with Crippen molar-refractivity contribution in [1.82, 2.24) is 0 Å². The average Bonchev–Trinajstić information content (AvgIpc) is 2.37. The Morgan fingerprint density at radius 1 is 1.50 bits per heavy atom. The molecule has 0 aliphatic carbocycles. The SMILES string of the molecule is N=C=C1C(N)=NC(S)=C(C(N)=O)C1c1cccc(Cl)c1. The summed E-state index contributed by atoms with van der Waals surface area (Å²) in [6, 6.07) is 6.87. The first-order chi connectivity index (χ1) is 9.45. The Hall–Kier alpha value is -2.01. The van der Waals surface area contributed by atoms with Crippen LogP contribution in [0.5, 0.6) is 0 Å². The maximum atomic E-state index is 11.7. The first-order valence-corrected chi connectivity index (χ1v) is 6.40. The Morgan fingerprint density at radius 2 is 2.20 bits per heavy atom. The number of benzene rings is 1. The number of hydrogen-bond donors (Lipinski definition) is 4. The zero-order valence-electron chi connectivity index (χ0n) is 10.2. The normalized spacial score (nSPS) is 18.6. The van der Waals surface area contributed by atoms with Crippen LogP contribution in [0.15, 0.2) is 45.4 Å². The largest absolute Gasteiger partial charge is 0.383 e. The lowest BCUT2D eigenvalue weighted by molar-refractivity contribution is -0.114. The summed E-state index contributed by atoms with van der Waals surface area (Å²) in [4.78, 5) is 15.6. The Morgan fingerprint density at radius 3 is 2.75 bits per heavy atom. The predicted octanol–water partition coefficient (Wildman–Crippen LogP) is 1.60. The lowest BCUT2D eigenvalue weighted by Gasteiger charge is -2.24. The van der Waals surface area contributed by atoms with E-state index in [0.717, 1.165) is 0 Å². The number of aliphatic imine (C=N–C) groups is 1. The molecule has 1 aromatic rings. The van der Waals surface area contributed by atoms with Gasteiger partial charge in [-0.3, -0.25) is 10.2 Å². The molecule has 1 aliphatic rings. The van der Waals surface area contributed by atoms with Crippen molar-refractivity contribution in [2.75, 3.05) is 0 Å². The fourth-order valence-corrected chi connectivity index (χ4v) is 2.61. The topological polar surface area (TPSA) is 105 Å². The maximum absolute atomic E-state index is 11.7. The second-order valence-electron chi connectivity index (χ2n) is 4.13. The molecule has 102 valence electrons. The molecule has 5 nitrogen and oxygen atoms in total. The molecule has 1 amide bonds. The molecule has 0 spiro atoms. The molecule has 1 aliphatic heterocycles. The Balaban J connectivity index is 2.71. The number of rotatable bonds is 2. The number of thiol groups is 1. The van der Waals surface area contributed by atoms with Crippen LogP contribution in [0, 0.1) is 5.41 Å². The number of amides is 1. The van der Waals surface area contributed by atoms with Crippen molar-refractivity contribution in [2.24, 2.45) is 16.5 Å². The average molecular weight is 307 g/mol. The fraction of sp³-hybridized carbons (Fsp3) is 0.0769. The van der Waals surface area contributed by atoms with E-state index in [2.05, 4.69) is 23.5 Å². The van der Waals surface area contributed by atoms with Crippen molar-refractivity contribution in [3.8, 4) is 0 Å². The smallest absolute Gasteiger partial charge is 0.248 e. The van der Waals surface area contributed by atoms with E-state index in [9.17, 15) is 4.79 Å². The predicted molar refractivity (Wildman–Crippen MR) is 82.3 cm³/mol. The number of nitrogens with two attached hydrogens (primary N) is 2. The maximum Gasteiger partial charge on any atom is 0.248 e. The molecule has 1 atom stereocenters. The van der Waals surface area contributed by atoms with Gasteiger partial charge in [0.25, 0.3) is 0 Å². The van der Waals surface area contributed by atoms with Crippen LogP contribution in [-0.2, 0) is 4.79 Å². The first kappa shape index (κ1) is 14.4. The minimum Gasteiger partial charge on any atom is -0.383 e. The third-order valence-corrected chi connectivity index (χ3v) is 3.48. The lowest BCUT2D eigenvalue weighted by Crippen LogP contribution is -2.31. The lowest BCUT2D eigenvalue weighted by atomic mass is 9.83. The number of carbonyl (C=O) groups excluding carboxylic acids is 1. The molecular weight excluding hydrogens is 296 g/mol. The van der Waals surface area contributed by atoms with Gasteiger partial charge in [0.05, 0.1) is 17.1 Å². The van der Waals surface area contributed by atoms with Gasteiger partial charge in [-0.15, -0.1) is 12.6 Å². The van der Waals surface area contributed by atoms with Gasteiger partial charge in [-0.2, -0.15) is 0 Å². The molecule has 1 aromatic carbocycles. The zero-order chi connectivity index (χ0) is 14.9. The van der Waals surface area contributed by atoms with Crippen molar-refractivity contribution >= 4 is 41.8 Å². The number of hydrogen-bond acceptors (Lipinski definition) is 5. The molecule has 1 heterocycles. The number of amidine groups is 1. The summed E-state index contributed by atoms with van der Waals surface area (Å²) in [5.74, 6) is 0.981. The quantitative estimate of drug-likeness (QED) is 0.492. The van der Waals surface area contributed by atoms with Gasteiger partial charge in [0.2, 0.25) is 5.91 Å². The Kier molecular flexibility index (Phi) is 3.99. The number of halogens is 1. The molecule has 0 bridgehead atoms. The van der Waals surface area contributed by atoms with E-state index in [1.54, 1.807) is 24.3 Å². The highest BCUT2D eigenvalue weighted by molar-refractivity contribution is 7.84. The summed E-state index contributed by atoms with van der Waals surface area (Å²) in [5, 5.41) is 8.01. The monoisotopic (exact) mass is 306 g/mol. The summed E-state index contributed by atoms with van der Waals surface area (Å²) in [5.41, 5.74) is 12.3. The van der Waals surface area contributed by atoms with E-state index in [0.29, 0.717) is 10.6 Å². The van der Waals surface area contributed by atoms with Crippen LogP contribution in [0.1, 0.15) is 11.5 Å². The molecule has 20 heavy (non-hydrogen) atoms. The van der Waals surface area contributed by atoms with E-state index in [4.69, 9.17) is 28.5 Å². The van der Waals surface area contributed by atoms with Gasteiger partial charge in [0.15, 0.2) is 0 Å². The molecule has 0 saturated carbocycles. The van der Waals surface area contributed by atoms with Gasteiger partial charge in [-0.1, -0.05) is 23.7 Å². The van der Waals surface area contributed by atoms with Gasteiger partial charge in [-0.05, 0) is 23.6 Å². The number of nitrogens with zero attached hydrogens (tertiary/aromatic N) is 1. The molecule has 2 rings (SSSR count). The van der Waals surface area contributed by atoms with Crippen molar-refractivity contribution in [3.05, 3.63) is 51.0 Å². The van der Waals surface area contributed by atoms with Crippen LogP contribution < -0.4 is 11.5 Å². The van der Waals surface area contributed by atoms with Gasteiger partial charge in [-0.25, -0.2) is 4.99 Å². The van der Waals surface area contributed by atoms with E-state index in [-0.39, 0.29) is 22.0 Å². The standard InChI is InChI=1S/C13H11ClN4OS/c14-7-3-1-2-6(4-7)9-8(5-15)11(16)18-13(20)10(9)12(17)19/h1-4,9,15,20H,(H2,16,18)(H2,17,19). The van der Waals surface area contributed by atoms with Gasteiger partial charge < -0.3 is 11.5 Å². The molecule has 0 saturated heterocycles. The highest BCUT2D eigenvalue weighted by atomic mass is 35.5. The highest BCUT2D eigenvalue weighted by Gasteiger charge is 2.33. The Bertz CT molecular complexity index is 704. The van der Waals surface area contributed by atoms with Gasteiger partial charge in [0, 0.05) is 5.02 Å². The van der Waals surface area contributed by atoms with Crippen LogP contribution in [0.25, 0.3) is 0 Å². The minimum absolute atomic E-state index is 0.0833. The summed E-state index contributed by atoms with van der Waals surface area (Å²) in [6.07, 6.45) is 0. The second-order valence-corrected chi connectivity index (χ2v) is 4.99. The second kappa shape index (κ2) is 5.54. The molecule has 0 radical (unpaired) electrons. The molecular formula is C13H11ClN4OS. The van der Waals surface area contributed by atoms with E-state index in [1.165, 1.54) is 0 Å². The third kappa shape index (κ3) is 2.49. The fourth-order valence-electron chi connectivity index (χ4n) is 2.06. The molecule has 5 N–H and O–H groups in total. The first-order valence-electron chi connectivity index (χ1n) is 5.58. The number of primary amides is 1. The highest BCUT2D eigenvalue weighted by Crippen LogP contribution is 2.37. The van der Waals surface area contributed by atoms with Crippen LogP contribution >= 0.6 is 24.2 Å². The summed E-state index contributed by atoms with van der Waals surface area (Å²) < 4.78 is 0. The van der Waals surface area contributed by atoms with Crippen molar-refractivity contribution in [2.45, 2.75) is 5.92 Å². The van der Waals surface area contributed by atoms with Crippen LogP contribution in [0.3, 0.4) is 0 Å². The summed E-state index contributed by atoms with van der Waals surface area (Å²) >= 11 is 10.1. The van der Waals surface area contributed by atoms with Crippen molar-refractivity contribution < 1.29 is 4.79 Å². The number of carbonyl (C=O) groups is 1. The molecule has 0 fully saturated rings. The van der Waals surface area contributed by atoms with Crippen LogP contribution in [-0.4, -0.2) is 17.6 Å². The van der Waals surface area contributed by atoms with E-state index in [1.807, 2.05) is 0 Å².